The van der Waals surface area contributed by atoms with Crippen molar-refractivity contribution in [2.24, 2.45) is 0 Å². The second-order valence-electron chi connectivity index (χ2n) is 4.35. The van der Waals surface area contributed by atoms with Gasteiger partial charge in [0.15, 0.2) is 0 Å². The number of hydrogen-bond donors (Lipinski definition) is 1. The lowest BCUT2D eigenvalue weighted by molar-refractivity contribution is -0.138. The number of halogens is 2. The summed E-state index contributed by atoms with van der Waals surface area (Å²) < 4.78 is 25.9. The molecule has 0 aliphatic rings. The average Bonchev–Trinajstić information content (AvgIpc) is 2.13. The van der Waals surface area contributed by atoms with E-state index in [2.05, 4.69) is 0 Å². The Kier molecular flexibility index (Phi) is 4.21. The number of benzene rings is 1. The average molecular weight is 242 g/mol. The molecule has 1 atom stereocenters. The predicted molar refractivity (Wildman–Crippen MR) is 61.7 cm³/mol. The summed E-state index contributed by atoms with van der Waals surface area (Å²) in [5.41, 5.74) is 2.92. The van der Waals surface area contributed by atoms with E-state index in [1.807, 2.05) is 6.92 Å². The first kappa shape index (κ1) is 13.6. The van der Waals surface area contributed by atoms with Gasteiger partial charge >= 0.3 is 5.97 Å². The molecule has 0 saturated carbocycles. The third-order valence-corrected chi connectivity index (χ3v) is 2.81. The fourth-order valence-electron chi connectivity index (χ4n) is 2.28. The van der Waals surface area contributed by atoms with Crippen LogP contribution in [0.2, 0.25) is 0 Å². The quantitative estimate of drug-likeness (QED) is 0.878. The molecule has 0 amide bonds. The van der Waals surface area contributed by atoms with Gasteiger partial charge in [-0.15, -0.1) is 0 Å². The molecule has 1 N–H and O–H groups in total. The lowest BCUT2D eigenvalue weighted by atomic mass is 9.87. The number of rotatable bonds is 4. The molecule has 1 rings (SSSR count). The predicted octanol–water partition coefficient (Wildman–Crippen LogP) is 3.44. The Labute approximate surface area is 99.3 Å². The van der Waals surface area contributed by atoms with Crippen LogP contribution < -0.4 is 0 Å². The van der Waals surface area contributed by atoms with Gasteiger partial charge in [-0.05, 0) is 37.5 Å². The number of alkyl halides is 2. The first-order valence-electron chi connectivity index (χ1n) is 5.40. The van der Waals surface area contributed by atoms with Crippen molar-refractivity contribution in [2.75, 3.05) is 0 Å². The van der Waals surface area contributed by atoms with Crippen molar-refractivity contribution in [3.63, 3.8) is 0 Å². The molecule has 1 unspecified atom stereocenters. The molecule has 1 aromatic rings. The third kappa shape index (κ3) is 3.25. The molecule has 0 aliphatic carbocycles. The number of carboxylic acid groups (broad SMARTS) is 1. The van der Waals surface area contributed by atoms with Crippen molar-refractivity contribution < 1.29 is 18.7 Å². The first-order valence-corrected chi connectivity index (χ1v) is 5.40. The van der Waals surface area contributed by atoms with Crippen molar-refractivity contribution in [1.29, 1.82) is 0 Å². The normalized spacial score (nSPS) is 12.8. The minimum Gasteiger partial charge on any atom is -0.481 e. The van der Waals surface area contributed by atoms with Crippen molar-refractivity contribution in [2.45, 2.75) is 39.5 Å². The fourth-order valence-corrected chi connectivity index (χ4v) is 2.28. The van der Waals surface area contributed by atoms with Gasteiger partial charge in [0.1, 0.15) is 0 Å². The summed E-state index contributed by atoms with van der Waals surface area (Å²) in [4.78, 5) is 10.6. The van der Waals surface area contributed by atoms with Gasteiger partial charge in [0.25, 0.3) is 0 Å². The standard InChI is InChI=1S/C13H16F2O2/c1-7-4-8(2)12(9(3)5-7)10(13(14)15)6-11(16)17/h4-5,10,13H,6H2,1-3H3,(H,16,17). The highest BCUT2D eigenvalue weighted by Crippen LogP contribution is 2.32. The van der Waals surface area contributed by atoms with Crippen molar-refractivity contribution in [1.82, 2.24) is 0 Å². The van der Waals surface area contributed by atoms with E-state index in [1.165, 1.54) is 0 Å². The van der Waals surface area contributed by atoms with Crippen molar-refractivity contribution in [3.05, 3.63) is 34.4 Å². The molecule has 0 bridgehead atoms. The fraction of sp³-hybridized carbons (Fsp3) is 0.462. The smallest absolute Gasteiger partial charge is 0.304 e. The van der Waals surface area contributed by atoms with Gasteiger partial charge in [0.05, 0.1) is 12.3 Å². The maximum atomic E-state index is 12.9. The van der Waals surface area contributed by atoms with Crippen LogP contribution in [0, 0.1) is 20.8 Å². The summed E-state index contributed by atoms with van der Waals surface area (Å²) in [6.07, 6.45) is -3.20. The summed E-state index contributed by atoms with van der Waals surface area (Å²) in [5, 5.41) is 8.70. The summed E-state index contributed by atoms with van der Waals surface area (Å²) in [7, 11) is 0. The summed E-state index contributed by atoms with van der Waals surface area (Å²) in [5.74, 6) is -2.43. The molecule has 0 heterocycles. The SMILES string of the molecule is Cc1cc(C)c(C(CC(=O)O)C(F)F)c(C)c1. The van der Waals surface area contributed by atoms with Crippen LogP contribution in [0.5, 0.6) is 0 Å². The van der Waals surface area contributed by atoms with E-state index >= 15 is 0 Å². The molecular weight excluding hydrogens is 226 g/mol. The molecule has 0 radical (unpaired) electrons. The molecule has 4 heteroatoms. The number of aliphatic carboxylic acids is 1. The van der Waals surface area contributed by atoms with Gasteiger partial charge in [0.2, 0.25) is 6.43 Å². The molecule has 2 nitrogen and oxygen atoms in total. The van der Waals surface area contributed by atoms with Gasteiger partial charge in [-0.25, -0.2) is 8.78 Å². The van der Waals surface area contributed by atoms with Gasteiger partial charge in [-0.2, -0.15) is 0 Å². The topological polar surface area (TPSA) is 37.3 Å². The zero-order valence-electron chi connectivity index (χ0n) is 10.1. The molecule has 0 fully saturated rings. The van der Waals surface area contributed by atoms with E-state index in [0.29, 0.717) is 5.56 Å². The van der Waals surface area contributed by atoms with Gasteiger partial charge in [-0.3, -0.25) is 4.79 Å². The van der Waals surface area contributed by atoms with Gasteiger partial charge < -0.3 is 5.11 Å². The molecule has 94 valence electrons. The van der Waals surface area contributed by atoms with Gasteiger partial charge in [0, 0.05) is 0 Å². The monoisotopic (exact) mass is 242 g/mol. The van der Waals surface area contributed by atoms with E-state index in [4.69, 9.17) is 5.11 Å². The van der Waals surface area contributed by atoms with Crippen LogP contribution >= 0.6 is 0 Å². The molecule has 0 spiro atoms. The van der Waals surface area contributed by atoms with Crippen LogP contribution in [0.4, 0.5) is 8.78 Å². The number of aryl methyl sites for hydroxylation is 3. The first-order chi connectivity index (χ1) is 7.82. The Morgan fingerprint density at radius 2 is 1.71 bits per heavy atom. The zero-order valence-corrected chi connectivity index (χ0v) is 10.1. The molecule has 17 heavy (non-hydrogen) atoms. The highest BCUT2D eigenvalue weighted by Gasteiger charge is 2.28. The minimum atomic E-state index is -2.66. The second-order valence-corrected chi connectivity index (χ2v) is 4.35. The highest BCUT2D eigenvalue weighted by molar-refractivity contribution is 5.68. The summed E-state index contributed by atoms with van der Waals surface area (Å²) in [6, 6.07) is 3.61. The maximum Gasteiger partial charge on any atom is 0.304 e. The molecule has 0 aliphatic heterocycles. The minimum absolute atomic E-state index is 0.466. The summed E-state index contributed by atoms with van der Waals surface area (Å²) >= 11 is 0. The van der Waals surface area contributed by atoms with Crippen molar-refractivity contribution >= 4 is 5.97 Å². The molecule has 0 saturated heterocycles. The largest absolute Gasteiger partial charge is 0.481 e. The van der Waals surface area contributed by atoms with E-state index < -0.39 is 24.7 Å². The summed E-state index contributed by atoms with van der Waals surface area (Å²) in [6.45, 7) is 5.37. The Bertz CT molecular complexity index is 404. The Morgan fingerprint density at radius 1 is 1.24 bits per heavy atom. The maximum absolute atomic E-state index is 12.9. The molecule has 1 aromatic carbocycles. The number of hydrogen-bond acceptors (Lipinski definition) is 1. The van der Waals surface area contributed by atoms with Crippen LogP contribution in [-0.4, -0.2) is 17.5 Å². The van der Waals surface area contributed by atoms with Crippen LogP contribution in [-0.2, 0) is 4.79 Å². The van der Waals surface area contributed by atoms with Crippen LogP contribution in [0.1, 0.15) is 34.6 Å². The number of carbonyl (C=O) groups is 1. The van der Waals surface area contributed by atoms with Crippen molar-refractivity contribution in [3.8, 4) is 0 Å². The van der Waals surface area contributed by atoms with E-state index in [1.54, 1.807) is 26.0 Å². The molecule has 0 aromatic heterocycles. The van der Waals surface area contributed by atoms with E-state index in [9.17, 15) is 13.6 Å². The lowest BCUT2D eigenvalue weighted by Gasteiger charge is -2.20. The Balaban J connectivity index is 3.23. The molecular formula is C13H16F2O2. The van der Waals surface area contributed by atoms with E-state index in [0.717, 1.165) is 16.7 Å². The lowest BCUT2D eigenvalue weighted by Crippen LogP contribution is -2.16. The third-order valence-electron chi connectivity index (χ3n) is 2.81. The second kappa shape index (κ2) is 5.25. The highest BCUT2D eigenvalue weighted by atomic mass is 19.3. The Hall–Kier alpha value is -1.45. The number of carboxylic acids is 1. The van der Waals surface area contributed by atoms with Crippen LogP contribution in [0.25, 0.3) is 0 Å². The van der Waals surface area contributed by atoms with Gasteiger partial charge in [-0.1, -0.05) is 17.7 Å². The van der Waals surface area contributed by atoms with E-state index in [-0.39, 0.29) is 0 Å². The van der Waals surface area contributed by atoms with Crippen LogP contribution in [0.3, 0.4) is 0 Å². The Morgan fingerprint density at radius 3 is 2.06 bits per heavy atom. The zero-order chi connectivity index (χ0) is 13.2. The van der Waals surface area contributed by atoms with Crippen LogP contribution in [0.15, 0.2) is 12.1 Å².